The Balaban J connectivity index is 1.84. The first-order valence-electron chi connectivity index (χ1n) is 14.8. The van der Waals surface area contributed by atoms with Crippen molar-refractivity contribution in [3.63, 3.8) is 0 Å². The number of piperazine rings is 1. The van der Waals surface area contributed by atoms with E-state index >= 15 is 0 Å². The van der Waals surface area contributed by atoms with Gasteiger partial charge >= 0.3 is 13.7 Å². The topological polar surface area (TPSA) is 170 Å². The zero-order chi connectivity index (χ0) is 32.0. The number of carbonyl (C=O) groups is 3. The lowest BCUT2D eigenvalue weighted by molar-refractivity contribution is -0.134. The van der Waals surface area contributed by atoms with Crippen molar-refractivity contribution in [3.8, 4) is 17.3 Å². The molecule has 15 heteroatoms. The van der Waals surface area contributed by atoms with Crippen molar-refractivity contribution >= 4 is 25.5 Å². The van der Waals surface area contributed by atoms with Crippen LogP contribution in [0.15, 0.2) is 36.4 Å². The number of aromatic nitrogens is 2. The van der Waals surface area contributed by atoms with E-state index in [0.29, 0.717) is 12.2 Å². The van der Waals surface area contributed by atoms with Crippen LogP contribution in [0.2, 0.25) is 0 Å². The predicted molar refractivity (Wildman–Crippen MR) is 161 cm³/mol. The molecular formula is C29H42N5O9P. The van der Waals surface area contributed by atoms with E-state index in [-0.39, 0.29) is 70.0 Å². The highest BCUT2D eigenvalue weighted by Crippen LogP contribution is 2.48. The standard InChI is InChI=1S/C29H42N5O9P/c1-4-7-18-41-29(38)34-15-13-33(14-16-34)28(37)24(21-44(39,42-5-2)43-6-3)31-27(36)23-20-25(40-19-17-35)32-26(30-23)22-11-9-8-10-12-22/h8-12,20,24,35H,4-7,13-19,21H2,1-3H3,(H,31,36). The van der Waals surface area contributed by atoms with Gasteiger partial charge in [-0.05, 0) is 20.3 Å². The maximum Gasteiger partial charge on any atom is 0.409 e. The lowest BCUT2D eigenvalue weighted by atomic mass is 10.2. The van der Waals surface area contributed by atoms with Gasteiger partial charge in [0.05, 0.1) is 32.6 Å². The van der Waals surface area contributed by atoms with Gasteiger partial charge in [-0.25, -0.2) is 9.78 Å². The molecule has 2 heterocycles. The SMILES string of the molecule is CCCCOC(=O)N1CCN(C(=O)C(CP(=O)(OCC)OCC)NC(=O)c2cc(OCCO)nc(-c3ccccc3)n2)CC1. The number of unbranched alkanes of at least 4 members (excludes halogenated alkanes) is 1. The van der Waals surface area contributed by atoms with E-state index in [1.54, 1.807) is 38.1 Å². The molecule has 1 atom stereocenters. The summed E-state index contributed by atoms with van der Waals surface area (Å²) in [7, 11) is -3.79. The Morgan fingerprint density at radius 3 is 2.25 bits per heavy atom. The Labute approximate surface area is 257 Å². The van der Waals surface area contributed by atoms with Gasteiger partial charge in [-0.1, -0.05) is 43.7 Å². The summed E-state index contributed by atoms with van der Waals surface area (Å²) in [6, 6.07) is 8.93. The first kappa shape index (κ1) is 34.9. The molecule has 242 valence electrons. The average Bonchev–Trinajstić information content (AvgIpc) is 3.03. The van der Waals surface area contributed by atoms with Gasteiger partial charge < -0.3 is 38.7 Å². The van der Waals surface area contributed by atoms with Gasteiger partial charge in [0.25, 0.3) is 5.91 Å². The molecule has 1 saturated heterocycles. The fourth-order valence-corrected chi connectivity index (χ4v) is 6.15. The van der Waals surface area contributed by atoms with Gasteiger partial charge in [0.1, 0.15) is 18.3 Å². The lowest BCUT2D eigenvalue weighted by Crippen LogP contribution is -2.57. The highest BCUT2D eigenvalue weighted by atomic mass is 31.2. The van der Waals surface area contributed by atoms with Crippen LogP contribution in [0.25, 0.3) is 11.4 Å². The van der Waals surface area contributed by atoms with E-state index < -0.39 is 37.7 Å². The van der Waals surface area contributed by atoms with E-state index in [1.165, 1.54) is 15.9 Å². The number of benzene rings is 1. The van der Waals surface area contributed by atoms with E-state index in [1.807, 2.05) is 13.0 Å². The number of nitrogens with one attached hydrogen (secondary N) is 1. The summed E-state index contributed by atoms with van der Waals surface area (Å²) in [5.74, 6) is -0.997. The molecule has 2 aromatic rings. The molecule has 0 spiro atoms. The third kappa shape index (κ3) is 10.3. The number of amides is 3. The highest BCUT2D eigenvalue weighted by Gasteiger charge is 2.37. The molecule has 1 fully saturated rings. The van der Waals surface area contributed by atoms with Crippen LogP contribution in [0.1, 0.15) is 44.1 Å². The van der Waals surface area contributed by atoms with Crippen LogP contribution in [0.3, 0.4) is 0 Å². The van der Waals surface area contributed by atoms with E-state index in [9.17, 15) is 24.1 Å². The van der Waals surface area contributed by atoms with Gasteiger partial charge in [-0.2, -0.15) is 4.98 Å². The Morgan fingerprint density at radius 1 is 0.977 bits per heavy atom. The molecule has 0 radical (unpaired) electrons. The van der Waals surface area contributed by atoms with Crippen molar-refractivity contribution in [3.05, 3.63) is 42.1 Å². The largest absolute Gasteiger partial charge is 0.475 e. The first-order chi connectivity index (χ1) is 21.2. The number of hydrogen-bond acceptors (Lipinski definition) is 11. The molecule has 0 saturated carbocycles. The molecular weight excluding hydrogens is 593 g/mol. The zero-order valence-corrected chi connectivity index (χ0v) is 26.4. The quantitative estimate of drug-likeness (QED) is 0.205. The molecule has 1 aromatic heterocycles. The number of ether oxygens (including phenoxy) is 2. The van der Waals surface area contributed by atoms with Crippen LogP contribution < -0.4 is 10.1 Å². The second kappa shape index (κ2) is 17.6. The number of carbonyl (C=O) groups excluding carboxylic acids is 3. The maximum atomic E-state index is 13.8. The summed E-state index contributed by atoms with van der Waals surface area (Å²) in [5, 5.41) is 11.9. The Kier molecular flexibility index (Phi) is 14.0. The molecule has 0 bridgehead atoms. The highest BCUT2D eigenvalue weighted by molar-refractivity contribution is 7.54. The molecule has 1 aliphatic heterocycles. The minimum Gasteiger partial charge on any atom is -0.475 e. The summed E-state index contributed by atoms with van der Waals surface area (Å²) in [5.41, 5.74) is 0.513. The second-order valence-electron chi connectivity index (χ2n) is 9.79. The van der Waals surface area contributed by atoms with Crippen LogP contribution in [0.4, 0.5) is 4.79 Å². The molecule has 3 amide bonds. The summed E-state index contributed by atoms with van der Waals surface area (Å²) in [6.45, 7) is 6.31. The van der Waals surface area contributed by atoms with E-state index in [4.69, 9.17) is 18.5 Å². The van der Waals surface area contributed by atoms with Crippen LogP contribution in [0, 0.1) is 0 Å². The number of hydrogen-bond donors (Lipinski definition) is 2. The molecule has 0 aliphatic carbocycles. The van der Waals surface area contributed by atoms with Crippen LogP contribution >= 0.6 is 7.60 Å². The van der Waals surface area contributed by atoms with Crippen molar-refractivity contribution < 1.29 is 42.6 Å². The van der Waals surface area contributed by atoms with E-state index in [2.05, 4.69) is 15.3 Å². The second-order valence-corrected chi connectivity index (χ2v) is 11.9. The predicted octanol–water partition coefficient (Wildman–Crippen LogP) is 2.96. The Bertz CT molecular complexity index is 1270. The monoisotopic (exact) mass is 635 g/mol. The minimum atomic E-state index is -3.79. The number of nitrogens with zero attached hydrogens (tertiary/aromatic N) is 4. The molecule has 44 heavy (non-hydrogen) atoms. The Morgan fingerprint density at radius 2 is 1.64 bits per heavy atom. The summed E-state index contributed by atoms with van der Waals surface area (Å²) in [6.07, 6.45) is 0.808. The normalized spacial score (nSPS) is 14.2. The summed E-state index contributed by atoms with van der Waals surface area (Å²) >= 11 is 0. The molecule has 14 nitrogen and oxygen atoms in total. The Hall–Kier alpha value is -3.58. The average molecular weight is 636 g/mol. The van der Waals surface area contributed by atoms with Crippen molar-refractivity contribution in [1.29, 1.82) is 0 Å². The number of aliphatic hydroxyl groups is 1. The van der Waals surface area contributed by atoms with Crippen LogP contribution in [0.5, 0.6) is 5.88 Å². The van der Waals surface area contributed by atoms with Gasteiger partial charge in [-0.3, -0.25) is 14.2 Å². The maximum absolute atomic E-state index is 13.8. The van der Waals surface area contributed by atoms with Crippen LogP contribution in [-0.4, -0.2) is 114 Å². The van der Waals surface area contributed by atoms with Gasteiger partial charge in [-0.15, -0.1) is 0 Å². The molecule has 3 rings (SSSR count). The van der Waals surface area contributed by atoms with Crippen molar-refractivity contribution in [2.24, 2.45) is 0 Å². The molecule has 1 aromatic carbocycles. The van der Waals surface area contributed by atoms with E-state index in [0.717, 1.165) is 12.8 Å². The number of aliphatic hydroxyl groups excluding tert-OH is 1. The van der Waals surface area contributed by atoms with Crippen molar-refractivity contribution in [2.45, 2.75) is 39.7 Å². The minimum absolute atomic E-state index is 0.0529. The molecule has 1 aliphatic rings. The summed E-state index contributed by atoms with van der Waals surface area (Å²) in [4.78, 5) is 51.5. The van der Waals surface area contributed by atoms with Crippen LogP contribution in [-0.2, 0) is 23.1 Å². The fourth-order valence-electron chi connectivity index (χ4n) is 4.38. The smallest absolute Gasteiger partial charge is 0.409 e. The zero-order valence-electron chi connectivity index (χ0n) is 25.5. The first-order valence-corrected chi connectivity index (χ1v) is 16.5. The summed E-state index contributed by atoms with van der Waals surface area (Å²) < 4.78 is 35.1. The lowest BCUT2D eigenvalue weighted by Gasteiger charge is -2.36. The van der Waals surface area contributed by atoms with Gasteiger partial charge in [0.15, 0.2) is 5.82 Å². The van der Waals surface area contributed by atoms with Gasteiger partial charge in [0.2, 0.25) is 11.8 Å². The molecule has 2 N–H and O–H groups in total. The van der Waals surface area contributed by atoms with Crippen molar-refractivity contribution in [1.82, 2.24) is 25.1 Å². The molecule has 1 unspecified atom stereocenters. The number of rotatable bonds is 16. The fraction of sp³-hybridized carbons (Fsp3) is 0.552. The van der Waals surface area contributed by atoms with Gasteiger partial charge in [0, 0.05) is 37.8 Å². The third-order valence-electron chi connectivity index (χ3n) is 6.54. The van der Waals surface area contributed by atoms with Crippen molar-refractivity contribution in [2.75, 3.05) is 65.4 Å². The third-order valence-corrected chi connectivity index (χ3v) is 8.66.